The summed E-state index contributed by atoms with van der Waals surface area (Å²) in [6, 6.07) is 3.80. The van der Waals surface area contributed by atoms with E-state index in [0.29, 0.717) is 23.1 Å². The van der Waals surface area contributed by atoms with Crippen molar-refractivity contribution in [2.45, 2.75) is 13.0 Å². The third kappa shape index (κ3) is 3.43. The van der Waals surface area contributed by atoms with Crippen molar-refractivity contribution in [3.63, 3.8) is 0 Å². The van der Waals surface area contributed by atoms with E-state index in [1.165, 1.54) is 0 Å². The molecular weight excluding hydrogens is 278 g/mol. The highest BCUT2D eigenvalue weighted by molar-refractivity contribution is 6.33. The summed E-state index contributed by atoms with van der Waals surface area (Å²) in [5.41, 5.74) is 2.09. The molecule has 1 heterocycles. The number of benzene rings is 1. The van der Waals surface area contributed by atoms with Crippen LogP contribution in [0.1, 0.15) is 11.3 Å². The van der Waals surface area contributed by atoms with Gasteiger partial charge in [-0.25, -0.2) is 4.98 Å². The Hall–Kier alpha value is -1.72. The molecule has 5 nitrogen and oxygen atoms in total. The van der Waals surface area contributed by atoms with Gasteiger partial charge in [0.15, 0.2) is 11.5 Å². The molecule has 0 bridgehead atoms. The van der Waals surface area contributed by atoms with Gasteiger partial charge in [-0.2, -0.15) is 0 Å². The van der Waals surface area contributed by atoms with Crippen molar-refractivity contribution in [3.05, 3.63) is 40.9 Å². The Labute approximate surface area is 123 Å². The van der Waals surface area contributed by atoms with Crippen LogP contribution in [0.25, 0.3) is 0 Å². The van der Waals surface area contributed by atoms with Crippen LogP contribution in [0.3, 0.4) is 0 Å². The highest BCUT2D eigenvalue weighted by atomic mass is 35.5. The topological polar surface area (TPSA) is 59.2 Å². The van der Waals surface area contributed by atoms with Gasteiger partial charge in [-0.05, 0) is 11.6 Å². The summed E-state index contributed by atoms with van der Waals surface area (Å²) >= 11 is 6.31. The lowest BCUT2D eigenvalue weighted by molar-refractivity contribution is 0.354. The lowest BCUT2D eigenvalue weighted by Gasteiger charge is -2.13. The zero-order valence-corrected chi connectivity index (χ0v) is 12.3. The largest absolute Gasteiger partial charge is 0.493 e. The van der Waals surface area contributed by atoms with Crippen molar-refractivity contribution in [1.29, 1.82) is 0 Å². The van der Waals surface area contributed by atoms with Crippen LogP contribution < -0.4 is 14.8 Å². The second-order valence-electron chi connectivity index (χ2n) is 4.28. The molecule has 2 aromatic rings. The SMILES string of the molecule is COc1ccc(CNCCc2cnc[nH]2)c(Cl)c1OC. The molecule has 0 saturated carbocycles. The van der Waals surface area contributed by atoms with Crippen LogP contribution in [-0.2, 0) is 13.0 Å². The maximum absolute atomic E-state index is 6.31. The number of ether oxygens (including phenoxy) is 2. The number of hydrogen-bond donors (Lipinski definition) is 2. The maximum Gasteiger partial charge on any atom is 0.179 e. The lowest BCUT2D eigenvalue weighted by Crippen LogP contribution is -2.17. The molecule has 2 rings (SSSR count). The number of hydrogen-bond acceptors (Lipinski definition) is 4. The van der Waals surface area contributed by atoms with Crippen LogP contribution in [0.15, 0.2) is 24.7 Å². The first-order valence-electron chi connectivity index (χ1n) is 6.33. The fourth-order valence-electron chi connectivity index (χ4n) is 1.93. The minimum absolute atomic E-state index is 0.571. The molecular formula is C14H18ClN3O2. The third-order valence-electron chi connectivity index (χ3n) is 3.01. The number of H-pyrrole nitrogens is 1. The second-order valence-corrected chi connectivity index (χ2v) is 4.66. The van der Waals surface area contributed by atoms with Gasteiger partial charge < -0.3 is 19.8 Å². The molecule has 1 aromatic heterocycles. The Bertz CT molecular complexity index is 544. The van der Waals surface area contributed by atoms with Gasteiger partial charge in [-0.3, -0.25) is 0 Å². The number of imidazole rings is 1. The number of nitrogens with one attached hydrogen (secondary N) is 2. The molecule has 0 radical (unpaired) electrons. The summed E-state index contributed by atoms with van der Waals surface area (Å²) < 4.78 is 10.5. The van der Waals surface area contributed by atoms with E-state index in [0.717, 1.165) is 24.2 Å². The summed E-state index contributed by atoms with van der Waals surface area (Å²) in [5, 5.41) is 3.93. The Morgan fingerprint density at radius 1 is 1.30 bits per heavy atom. The number of nitrogens with zero attached hydrogens (tertiary/aromatic N) is 1. The number of halogens is 1. The monoisotopic (exact) mass is 295 g/mol. The van der Waals surface area contributed by atoms with Crippen LogP contribution in [-0.4, -0.2) is 30.7 Å². The predicted octanol–water partition coefficient (Wildman–Crippen LogP) is 2.41. The molecule has 0 unspecified atom stereocenters. The predicted molar refractivity (Wildman–Crippen MR) is 78.6 cm³/mol. The quantitative estimate of drug-likeness (QED) is 0.770. The summed E-state index contributed by atoms with van der Waals surface area (Å²) in [5.74, 6) is 1.21. The smallest absolute Gasteiger partial charge is 0.179 e. The zero-order chi connectivity index (χ0) is 14.4. The average molecular weight is 296 g/mol. The first-order chi connectivity index (χ1) is 9.76. The number of methoxy groups -OCH3 is 2. The molecule has 0 spiro atoms. The van der Waals surface area contributed by atoms with E-state index in [1.807, 2.05) is 18.3 Å². The Morgan fingerprint density at radius 2 is 2.15 bits per heavy atom. The molecule has 0 atom stereocenters. The minimum Gasteiger partial charge on any atom is -0.493 e. The van der Waals surface area contributed by atoms with Gasteiger partial charge in [-0.1, -0.05) is 17.7 Å². The Morgan fingerprint density at radius 3 is 2.80 bits per heavy atom. The molecule has 0 aliphatic carbocycles. The summed E-state index contributed by atoms with van der Waals surface area (Å²) in [4.78, 5) is 7.05. The van der Waals surface area contributed by atoms with Gasteiger partial charge in [-0.15, -0.1) is 0 Å². The van der Waals surface area contributed by atoms with Gasteiger partial charge in [0.2, 0.25) is 0 Å². The van der Waals surface area contributed by atoms with Gasteiger partial charge in [0.05, 0.1) is 25.6 Å². The minimum atomic E-state index is 0.571. The maximum atomic E-state index is 6.31. The van der Waals surface area contributed by atoms with Gasteiger partial charge in [0, 0.05) is 31.4 Å². The van der Waals surface area contributed by atoms with Gasteiger partial charge in [0.25, 0.3) is 0 Å². The highest BCUT2D eigenvalue weighted by Gasteiger charge is 2.12. The molecule has 2 N–H and O–H groups in total. The number of aromatic nitrogens is 2. The van der Waals surface area contributed by atoms with Crippen LogP contribution in [0.5, 0.6) is 11.5 Å². The van der Waals surface area contributed by atoms with E-state index in [2.05, 4.69) is 15.3 Å². The van der Waals surface area contributed by atoms with Gasteiger partial charge >= 0.3 is 0 Å². The van der Waals surface area contributed by atoms with E-state index in [1.54, 1.807) is 20.5 Å². The van der Waals surface area contributed by atoms with Crippen molar-refractivity contribution >= 4 is 11.6 Å². The van der Waals surface area contributed by atoms with Crippen LogP contribution in [0.4, 0.5) is 0 Å². The molecule has 0 amide bonds. The molecule has 0 aliphatic rings. The van der Waals surface area contributed by atoms with E-state index < -0.39 is 0 Å². The normalized spacial score (nSPS) is 10.6. The van der Waals surface area contributed by atoms with Crippen LogP contribution in [0.2, 0.25) is 5.02 Å². The average Bonchev–Trinajstić information content (AvgIpc) is 2.97. The first-order valence-corrected chi connectivity index (χ1v) is 6.71. The molecule has 6 heteroatoms. The highest BCUT2D eigenvalue weighted by Crippen LogP contribution is 2.37. The molecule has 20 heavy (non-hydrogen) atoms. The van der Waals surface area contributed by atoms with E-state index in [4.69, 9.17) is 21.1 Å². The van der Waals surface area contributed by atoms with E-state index >= 15 is 0 Å². The van der Waals surface area contributed by atoms with Crippen molar-refractivity contribution in [2.24, 2.45) is 0 Å². The Kier molecular flexibility index (Phi) is 5.26. The van der Waals surface area contributed by atoms with Crippen LogP contribution >= 0.6 is 11.6 Å². The fourth-order valence-corrected chi connectivity index (χ4v) is 2.23. The van der Waals surface area contributed by atoms with Crippen molar-refractivity contribution in [3.8, 4) is 11.5 Å². The molecule has 108 valence electrons. The molecule has 0 fully saturated rings. The fraction of sp³-hybridized carbons (Fsp3) is 0.357. The van der Waals surface area contributed by atoms with E-state index in [9.17, 15) is 0 Å². The standard InChI is InChI=1S/C14H18ClN3O2/c1-19-12-4-3-10(13(15)14(12)20-2)7-16-6-5-11-8-17-9-18-11/h3-4,8-9,16H,5-7H2,1-2H3,(H,17,18). The van der Waals surface area contributed by atoms with E-state index in [-0.39, 0.29) is 0 Å². The first kappa shape index (κ1) is 14.7. The summed E-state index contributed by atoms with van der Waals surface area (Å²) in [6.07, 6.45) is 4.40. The van der Waals surface area contributed by atoms with Crippen molar-refractivity contribution in [1.82, 2.24) is 15.3 Å². The van der Waals surface area contributed by atoms with Gasteiger partial charge in [0.1, 0.15) is 0 Å². The summed E-state index contributed by atoms with van der Waals surface area (Å²) in [6.45, 7) is 1.51. The zero-order valence-electron chi connectivity index (χ0n) is 11.6. The molecule has 0 aliphatic heterocycles. The number of rotatable bonds is 7. The third-order valence-corrected chi connectivity index (χ3v) is 3.42. The number of aromatic amines is 1. The van der Waals surface area contributed by atoms with Crippen molar-refractivity contribution < 1.29 is 9.47 Å². The lowest BCUT2D eigenvalue weighted by atomic mass is 10.2. The summed E-state index contributed by atoms with van der Waals surface area (Å²) in [7, 11) is 3.18. The molecule has 0 saturated heterocycles. The second kappa shape index (κ2) is 7.17. The van der Waals surface area contributed by atoms with Crippen LogP contribution in [0, 0.1) is 0 Å². The van der Waals surface area contributed by atoms with Crippen molar-refractivity contribution in [2.75, 3.05) is 20.8 Å². The Balaban J connectivity index is 1.92. The molecule has 1 aromatic carbocycles.